The summed E-state index contributed by atoms with van der Waals surface area (Å²) in [6.07, 6.45) is -5.63. The summed E-state index contributed by atoms with van der Waals surface area (Å²) in [4.78, 5) is 6.80. The third-order valence-electron chi connectivity index (χ3n) is 2.47. The Bertz CT molecular complexity index is 730. The van der Waals surface area contributed by atoms with Gasteiger partial charge in [0.2, 0.25) is 5.28 Å². The highest BCUT2D eigenvalue weighted by molar-refractivity contribution is 6.32. The summed E-state index contributed by atoms with van der Waals surface area (Å²) in [6, 6.07) is 0.875. The van der Waals surface area contributed by atoms with Crippen molar-refractivity contribution < 1.29 is 30.7 Å². The van der Waals surface area contributed by atoms with Crippen molar-refractivity contribution in [2.45, 2.75) is 6.18 Å². The molecule has 0 bridgehead atoms. The number of aromatic nitrogens is 2. The van der Waals surface area contributed by atoms with Gasteiger partial charge in [-0.2, -0.15) is 13.2 Å². The zero-order chi connectivity index (χ0) is 17.5. The molecule has 0 spiro atoms. The van der Waals surface area contributed by atoms with Crippen LogP contribution in [0.4, 0.5) is 42.2 Å². The van der Waals surface area contributed by atoms with Crippen LogP contribution in [0.3, 0.4) is 0 Å². The number of hydrogen-bond acceptors (Lipinski definition) is 3. The number of nitrogens with one attached hydrogen (secondary N) is 1. The molecule has 0 radical (unpaired) electrons. The second kappa shape index (κ2) is 6.00. The summed E-state index contributed by atoms with van der Waals surface area (Å²) < 4.78 is 91.5. The molecule has 23 heavy (non-hydrogen) atoms. The topological polar surface area (TPSA) is 37.8 Å². The van der Waals surface area contributed by atoms with Gasteiger partial charge in [-0.05, 0) is 11.6 Å². The van der Waals surface area contributed by atoms with Crippen molar-refractivity contribution in [2.75, 3.05) is 5.32 Å². The number of anilines is 2. The van der Waals surface area contributed by atoms with Gasteiger partial charge in [-0.25, -0.2) is 27.5 Å². The minimum absolute atomic E-state index is 0.291. The molecule has 0 saturated carbocycles. The van der Waals surface area contributed by atoms with E-state index in [1.165, 1.54) is 0 Å². The Kier molecular flexibility index (Phi) is 4.58. The van der Waals surface area contributed by atoms with Gasteiger partial charge >= 0.3 is 6.18 Å². The second-order valence-corrected chi connectivity index (χ2v) is 4.70. The first-order valence-electron chi connectivity index (χ1n) is 5.42. The van der Waals surface area contributed by atoms with Crippen LogP contribution >= 0.6 is 23.2 Å². The molecule has 2 rings (SSSR count). The highest BCUT2D eigenvalue weighted by Gasteiger charge is 2.42. The molecular formula is C11H2Cl2F7N3. The maximum absolute atomic E-state index is 13.7. The van der Waals surface area contributed by atoms with Crippen molar-refractivity contribution in [1.82, 2.24) is 9.97 Å². The Hall–Kier alpha value is -1.81. The molecule has 0 atom stereocenters. The Balaban J connectivity index is 2.61. The van der Waals surface area contributed by atoms with E-state index < -0.39 is 51.8 Å². The van der Waals surface area contributed by atoms with Crippen molar-refractivity contribution in [2.24, 2.45) is 0 Å². The fourth-order valence-electron chi connectivity index (χ4n) is 1.57. The predicted molar refractivity (Wildman–Crippen MR) is 66.6 cm³/mol. The quantitative estimate of drug-likeness (QED) is 0.341. The van der Waals surface area contributed by atoms with Gasteiger partial charge in [0.15, 0.2) is 23.3 Å². The summed E-state index contributed by atoms with van der Waals surface area (Å²) in [5.41, 5.74) is -4.21. The molecule has 12 heteroatoms. The monoisotopic (exact) mass is 379 g/mol. The van der Waals surface area contributed by atoms with Crippen molar-refractivity contribution in [3.63, 3.8) is 0 Å². The van der Waals surface area contributed by atoms with Gasteiger partial charge in [0.25, 0.3) is 0 Å². The predicted octanol–water partition coefficient (Wildman–Crippen LogP) is 5.10. The van der Waals surface area contributed by atoms with Gasteiger partial charge in [-0.1, -0.05) is 11.6 Å². The van der Waals surface area contributed by atoms with E-state index in [4.69, 9.17) is 23.2 Å². The van der Waals surface area contributed by atoms with E-state index in [9.17, 15) is 30.7 Å². The summed E-state index contributed by atoms with van der Waals surface area (Å²) in [5.74, 6) is -10.3. The number of halogens is 9. The number of nitrogens with zero attached hydrogens (tertiary/aromatic N) is 2. The third-order valence-corrected chi connectivity index (χ3v) is 2.83. The minimum Gasteiger partial charge on any atom is -0.335 e. The molecule has 1 heterocycles. The van der Waals surface area contributed by atoms with E-state index in [2.05, 4.69) is 9.97 Å². The highest BCUT2D eigenvalue weighted by Crippen LogP contribution is 2.39. The number of alkyl halides is 3. The maximum Gasteiger partial charge on any atom is 0.422 e. The van der Waals surface area contributed by atoms with E-state index in [0.29, 0.717) is 0 Å². The SMILES string of the molecule is Fc1c(F)c(C(F)(F)F)c(F)c(F)c1Nc1cc(Cl)nc(Cl)n1. The first kappa shape index (κ1) is 17.5. The number of rotatable bonds is 2. The normalized spacial score (nSPS) is 11.7. The average Bonchev–Trinajstić information content (AvgIpc) is 2.39. The van der Waals surface area contributed by atoms with Crippen LogP contribution in [-0.4, -0.2) is 9.97 Å². The third kappa shape index (κ3) is 3.42. The molecule has 124 valence electrons. The summed E-state index contributed by atoms with van der Waals surface area (Å²) in [7, 11) is 0. The van der Waals surface area contributed by atoms with Crippen molar-refractivity contribution in [3.05, 3.63) is 45.3 Å². The van der Waals surface area contributed by atoms with Crippen LogP contribution in [0.15, 0.2) is 6.07 Å². The van der Waals surface area contributed by atoms with Crippen molar-refractivity contribution in [3.8, 4) is 0 Å². The van der Waals surface area contributed by atoms with E-state index in [1.54, 1.807) is 5.32 Å². The lowest BCUT2D eigenvalue weighted by atomic mass is 10.1. The lowest BCUT2D eigenvalue weighted by molar-refractivity contribution is -0.143. The van der Waals surface area contributed by atoms with Crippen molar-refractivity contribution in [1.29, 1.82) is 0 Å². The lowest BCUT2D eigenvalue weighted by Crippen LogP contribution is -2.16. The highest BCUT2D eigenvalue weighted by atomic mass is 35.5. The molecule has 0 fully saturated rings. The zero-order valence-corrected chi connectivity index (χ0v) is 11.9. The maximum atomic E-state index is 13.7. The number of hydrogen-bond donors (Lipinski definition) is 1. The van der Waals surface area contributed by atoms with Crippen LogP contribution in [0, 0.1) is 23.3 Å². The smallest absolute Gasteiger partial charge is 0.335 e. The summed E-state index contributed by atoms with van der Waals surface area (Å²) in [5, 5.41) is 0.996. The Morgan fingerprint density at radius 1 is 0.870 bits per heavy atom. The van der Waals surface area contributed by atoms with Gasteiger partial charge < -0.3 is 5.32 Å². The van der Waals surface area contributed by atoms with Crippen LogP contribution in [0.1, 0.15) is 5.56 Å². The average molecular weight is 380 g/mol. The Labute approximate surface area is 133 Å². The molecule has 0 saturated heterocycles. The largest absolute Gasteiger partial charge is 0.422 e. The molecule has 0 unspecified atom stereocenters. The Morgan fingerprint density at radius 2 is 1.39 bits per heavy atom. The van der Waals surface area contributed by atoms with Gasteiger partial charge in [0, 0.05) is 6.07 Å². The molecule has 2 aromatic rings. The fourth-order valence-corrected chi connectivity index (χ4v) is 1.98. The Morgan fingerprint density at radius 3 is 1.83 bits per heavy atom. The van der Waals surface area contributed by atoms with Gasteiger partial charge in [-0.3, -0.25) is 0 Å². The van der Waals surface area contributed by atoms with Gasteiger partial charge in [-0.15, -0.1) is 0 Å². The minimum atomic E-state index is -5.63. The standard InChI is InChI=1S/C11H2Cl2F7N3/c12-2-1-3(23-10(13)21-2)22-9-7(16)5(14)4(11(18,19)20)6(15)8(9)17/h1H,(H,21,22,23). The molecule has 1 N–H and O–H groups in total. The van der Waals surface area contributed by atoms with E-state index >= 15 is 0 Å². The first-order valence-corrected chi connectivity index (χ1v) is 6.18. The summed E-state index contributed by atoms with van der Waals surface area (Å²) >= 11 is 10.9. The molecule has 0 aliphatic heterocycles. The fraction of sp³-hybridized carbons (Fsp3) is 0.0909. The molecule has 0 aliphatic carbocycles. The zero-order valence-electron chi connectivity index (χ0n) is 10.4. The lowest BCUT2D eigenvalue weighted by Gasteiger charge is -2.14. The van der Waals surface area contributed by atoms with Crippen LogP contribution in [0.2, 0.25) is 10.4 Å². The second-order valence-electron chi connectivity index (χ2n) is 3.97. The van der Waals surface area contributed by atoms with E-state index in [-0.39, 0.29) is 5.15 Å². The molecule has 3 nitrogen and oxygen atoms in total. The molecule has 0 aliphatic rings. The van der Waals surface area contributed by atoms with E-state index in [0.717, 1.165) is 6.07 Å². The molecule has 0 amide bonds. The van der Waals surface area contributed by atoms with Crippen molar-refractivity contribution >= 4 is 34.7 Å². The summed E-state index contributed by atoms with van der Waals surface area (Å²) in [6.45, 7) is 0. The van der Waals surface area contributed by atoms with Crippen LogP contribution < -0.4 is 5.32 Å². The van der Waals surface area contributed by atoms with Crippen LogP contribution in [0.25, 0.3) is 0 Å². The first-order chi connectivity index (χ1) is 10.5. The molecule has 1 aromatic heterocycles. The van der Waals surface area contributed by atoms with Crippen LogP contribution in [-0.2, 0) is 6.18 Å². The van der Waals surface area contributed by atoms with Gasteiger partial charge in [0.1, 0.15) is 22.2 Å². The number of benzene rings is 1. The molecule has 1 aromatic carbocycles. The van der Waals surface area contributed by atoms with E-state index in [1.807, 2.05) is 0 Å². The van der Waals surface area contributed by atoms with Crippen LogP contribution in [0.5, 0.6) is 0 Å². The molecular weight excluding hydrogens is 378 g/mol. The van der Waals surface area contributed by atoms with Gasteiger partial charge in [0.05, 0.1) is 0 Å².